The van der Waals surface area contributed by atoms with Crippen LogP contribution >= 0.6 is 23.8 Å². The average Bonchev–Trinajstić information content (AvgIpc) is 2.77. The summed E-state index contributed by atoms with van der Waals surface area (Å²) in [6.45, 7) is 1.89. The van der Waals surface area contributed by atoms with Crippen molar-refractivity contribution in [3.8, 4) is 17.3 Å². The van der Waals surface area contributed by atoms with Crippen LogP contribution in [-0.2, 0) is 0 Å². The molecule has 0 aliphatic heterocycles. The van der Waals surface area contributed by atoms with Crippen molar-refractivity contribution in [1.82, 2.24) is 9.13 Å². The van der Waals surface area contributed by atoms with E-state index in [-0.39, 0.29) is 16.3 Å². The van der Waals surface area contributed by atoms with Crippen LogP contribution < -0.4 is 5.56 Å². The minimum atomic E-state index is -0.573. The van der Waals surface area contributed by atoms with E-state index in [1.54, 1.807) is 48.5 Å². The van der Waals surface area contributed by atoms with E-state index in [4.69, 9.17) is 23.8 Å². The number of azo groups is 1. The molecule has 0 radical (unpaired) electrons. The zero-order valence-corrected chi connectivity index (χ0v) is 18.0. The van der Waals surface area contributed by atoms with Crippen LogP contribution in [0.4, 0.5) is 11.4 Å². The maximum Gasteiger partial charge on any atom is 0.290 e. The molecule has 0 bridgehead atoms. The van der Waals surface area contributed by atoms with E-state index < -0.39 is 5.56 Å². The van der Waals surface area contributed by atoms with Crippen molar-refractivity contribution in [2.75, 3.05) is 0 Å². The van der Waals surface area contributed by atoms with Crippen molar-refractivity contribution in [2.24, 2.45) is 10.2 Å². The van der Waals surface area contributed by atoms with Crippen molar-refractivity contribution in [3.05, 3.63) is 105 Å². The average molecular weight is 449 g/mol. The second-order valence-electron chi connectivity index (χ2n) is 6.73. The van der Waals surface area contributed by atoms with Crippen LogP contribution in [0.25, 0.3) is 11.4 Å². The molecule has 31 heavy (non-hydrogen) atoms. The van der Waals surface area contributed by atoms with Gasteiger partial charge in [-0.1, -0.05) is 48.0 Å². The zero-order valence-electron chi connectivity index (χ0n) is 16.4. The lowest BCUT2D eigenvalue weighted by Crippen LogP contribution is -2.23. The highest BCUT2D eigenvalue weighted by Gasteiger charge is 2.20. The summed E-state index contributed by atoms with van der Waals surface area (Å²) < 4.78 is 2.88. The number of aryl methyl sites for hydroxylation is 1. The quantitative estimate of drug-likeness (QED) is 0.288. The molecule has 3 aromatic carbocycles. The third-order valence-electron chi connectivity index (χ3n) is 4.67. The van der Waals surface area contributed by atoms with Crippen LogP contribution in [0.2, 0.25) is 5.02 Å². The van der Waals surface area contributed by atoms with E-state index in [1.165, 1.54) is 9.13 Å². The zero-order chi connectivity index (χ0) is 22.0. The van der Waals surface area contributed by atoms with Gasteiger partial charge in [-0.25, -0.2) is 0 Å². The number of nitrogens with zero attached hydrogens (tertiary/aromatic N) is 4. The maximum absolute atomic E-state index is 13.3. The highest BCUT2D eigenvalue weighted by Crippen LogP contribution is 2.30. The van der Waals surface area contributed by atoms with Crippen LogP contribution in [0.3, 0.4) is 0 Å². The minimum absolute atomic E-state index is 0.119. The van der Waals surface area contributed by atoms with Crippen LogP contribution in [0.15, 0.2) is 93.9 Å². The number of halogens is 1. The van der Waals surface area contributed by atoms with Gasteiger partial charge in [0.2, 0.25) is 11.6 Å². The topological polar surface area (TPSA) is 71.9 Å². The standard InChI is InChI=1S/C23H17ClN4O2S/c1-15-7-5-6-10-19(15)28-22(30)20(26-25-17-13-11-16(24)12-14-17)21(29)27(23(28)31)18-8-3-2-4-9-18/h2-14,30H,1H3. The van der Waals surface area contributed by atoms with E-state index in [0.717, 1.165) is 5.56 Å². The lowest BCUT2D eigenvalue weighted by molar-refractivity contribution is 0.432. The van der Waals surface area contributed by atoms with E-state index in [1.807, 2.05) is 37.3 Å². The van der Waals surface area contributed by atoms with Gasteiger partial charge in [-0.15, -0.1) is 5.11 Å². The number of hydrogen-bond acceptors (Lipinski definition) is 5. The summed E-state index contributed by atoms with van der Waals surface area (Å²) in [5.41, 5.74) is 1.75. The first-order valence-electron chi connectivity index (χ1n) is 9.37. The number of hydrogen-bond donors (Lipinski definition) is 1. The second kappa shape index (κ2) is 8.67. The normalized spacial score (nSPS) is 11.2. The Bertz CT molecular complexity index is 1390. The molecule has 1 aromatic heterocycles. The molecule has 1 heterocycles. The lowest BCUT2D eigenvalue weighted by Gasteiger charge is -2.17. The minimum Gasteiger partial charge on any atom is -0.492 e. The molecule has 0 fully saturated rings. The molecule has 6 nitrogen and oxygen atoms in total. The van der Waals surface area contributed by atoms with Crippen molar-refractivity contribution < 1.29 is 5.11 Å². The van der Waals surface area contributed by atoms with Crippen LogP contribution in [-0.4, -0.2) is 14.2 Å². The molecule has 4 rings (SSSR count). The van der Waals surface area contributed by atoms with Gasteiger partial charge < -0.3 is 5.11 Å². The fourth-order valence-corrected chi connectivity index (χ4v) is 3.62. The van der Waals surface area contributed by atoms with Gasteiger partial charge in [0.25, 0.3) is 5.56 Å². The fourth-order valence-electron chi connectivity index (χ4n) is 3.12. The molecule has 154 valence electrons. The van der Waals surface area contributed by atoms with Crippen LogP contribution in [0.5, 0.6) is 5.88 Å². The van der Waals surface area contributed by atoms with Gasteiger partial charge in [0.05, 0.1) is 17.1 Å². The van der Waals surface area contributed by atoms with E-state index >= 15 is 0 Å². The third kappa shape index (κ3) is 4.05. The van der Waals surface area contributed by atoms with E-state index in [0.29, 0.717) is 22.1 Å². The molecular formula is C23H17ClN4O2S. The summed E-state index contributed by atoms with van der Waals surface area (Å²) in [7, 11) is 0. The molecule has 0 aliphatic carbocycles. The number of aromatic hydroxyl groups is 1. The van der Waals surface area contributed by atoms with Crippen molar-refractivity contribution >= 4 is 35.2 Å². The van der Waals surface area contributed by atoms with Gasteiger partial charge in [0.1, 0.15) is 0 Å². The van der Waals surface area contributed by atoms with Crippen molar-refractivity contribution in [1.29, 1.82) is 0 Å². The summed E-state index contributed by atoms with van der Waals surface area (Å²) in [6.07, 6.45) is 0. The van der Waals surface area contributed by atoms with Gasteiger partial charge in [-0.05, 0) is 67.2 Å². The molecule has 4 aromatic rings. The highest BCUT2D eigenvalue weighted by atomic mass is 35.5. The van der Waals surface area contributed by atoms with Gasteiger partial charge in [0.15, 0.2) is 4.77 Å². The summed E-state index contributed by atoms with van der Waals surface area (Å²) in [4.78, 5) is 13.3. The van der Waals surface area contributed by atoms with Gasteiger partial charge in [-0.2, -0.15) is 5.11 Å². The Morgan fingerprint density at radius 1 is 0.871 bits per heavy atom. The summed E-state index contributed by atoms with van der Waals surface area (Å²) in [5.74, 6) is -0.380. The molecule has 0 atom stereocenters. The predicted octanol–water partition coefficient (Wildman–Crippen LogP) is 6.44. The largest absolute Gasteiger partial charge is 0.492 e. The van der Waals surface area contributed by atoms with Crippen LogP contribution in [0, 0.1) is 11.7 Å². The molecule has 0 saturated heterocycles. The Morgan fingerprint density at radius 3 is 2.19 bits per heavy atom. The Labute approximate surface area is 188 Å². The molecule has 0 amide bonds. The summed E-state index contributed by atoms with van der Waals surface area (Å²) >= 11 is 11.5. The third-order valence-corrected chi connectivity index (χ3v) is 5.29. The molecule has 1 N–H and O–H groups in total. The summed E-state index contributed by atoms with van der Waals surface area (Å²) in [5, 5.41) is 19.8. The Kier molecular flexibility index (Phi) is 5.79. The molecule has 0 spiro atoms. The molecule has 0 aliphatic rings. The Hall–Kier alpha value is -3.55. The molecule has 0 saturated carbocycles. The SMILES string of the molecule is Cc1ccccc1-n1c(O)c(N=Nc2ccc(Cl)cc2)c(=O)n(-c2ccccc2)c1=S. The van der Waals surface area contributed by atoms with Crippen LogP contribution in [0.1, 0.15) is 5.56 Å². The first kappa shape index (κ1) is 20.7. The number of rotatable bonds is 4. The predicted molar refractivity (Wildman–Crippen MR) is 124 cm³/mol. The Balaban J connectivity index is 2.02. The highest BCUT2D eigenvalue weighted by molar-refractivity contribution is 7.71. The first-order chi connectivity index (χ1) is 15.0. The second-order valence-corrected chi connectivity index (χ2v) is 7.53. The lowest BCUT2D eigenvalue weighted by atomic mass is 10.2. The van der Waals surface area contributed by atoms with Crippen molar-refractivity contribution in [2.45, 2.75) is 6.92 Å². The van der Waals surface area contributed by atoms with Crippen molar-refractivity contribution in [3.63, 3.8) is 0 Å². The van der Waals surface area contributed by atoms with E-state index in [9.17, 15) is 9.90 Å². The Morgan fingerprint density at radius 2 is 1.52 bits per heavy atom. The van der Waals surface area contributed by atoms with Gasteiger partial charge in [-0.3, -0.25) is 13.9 Å². The fraction of sp³-hybridized carbons (Fsp3) is 0.0435. The molecule has 0 unspecified atom stereocenters. The molecule has 8 heteroatoms. The first-order valence-corrected chi connectivity index (χ1v) is 10.2. The van der Waals surface area contributed by atoms with Gasteiger partial charge in [0, 0.05) is 5.02 Å². The number of para-hydroxylation sites is 2. The number of aromatic nitrogens is 2. The van der Waals surface area contributed by atoms with E-state index in [2.05, 4.69) is 10.2 Å². The number of benzene rings is 3. The molecular weight excluding hydrogens is 432 g/mol. The smallest absolute Gasteiger partial charge is 0.290 e. The summed E-state index contributed by atoms with van der Waals surface area (Å²) in [6, 6.07) is 23.0. The van der Waals surface area contributed by atoms with Gasteiger partial charge >= 0.3 is 0 Å². The monoisotopic (exact) mass is 448 g/mol. The maximum atomic E-state index is 13.3.